The molecule has 16 heavy (non-hydrogen) atoms. The molecule has 1 aliphatic carbocycles. The van der Waals surface area contributed by atoms with Gasteiger partial charge in [0.1, 0.15) is 11.6 Å². The largest absolute Gasteiger partial charge is 0.473 e. The van der Waals surface area contributed by atoms with E-state index in [1.54, 1.807) is 10.7 Å². The van der Waals surface area contributed by atoms with Crippen LogP contribution in [0.25, 0.3) is 5.52 Å². The van der Waals surface area contributed by atoms with Crippen LogP contribution in [0.2, 0.25) is 0 Å². The lowest BCUT2D eigenvalue weighted by molar-refractivity contribution is 0.0971. The molecule has 0 bridgehead atoms. The van der Waals surface area contributed by atoms with Gasteiger partial charge in [-0.25, -0.2) is 9.50 Å². The Kier molecular flexibility index (Phi) is 2.07. The van der Waals surface area contributed by atoms with Gasteiger partial charge in [-0.3, -0.25) is 0 Å². The summed E-state index contributed by atoms with van der Waals surface area (Å²) >= 11 is 0. The van der Waals surface area contributed by atoms with E-state index in [1.165, 1.54) is 0 Å². The first-order valence-electron chi connectivity index (χ1n) is 5.45. The van der Waals surface area contributed by atoms with Crippen molar-refractivity contribution in [3.63, 3.8) is 0 Å². The standard InChI is InChI=1S/C11H14N4O/c1-7-4-10-11(13-2-3-15(10)14-7)16-9-5-8(12)6-9/h2-4,8-9H,5-6,12H2,1H3. The Morgan fingerprint density at radius 2 is 2.31 bits per heavy atom. The van der Waals surface area contributed by atoms with E-state index >= 15 is 0 Å². The van der Waals surface area contributed by atoms with E-state index in [-0.39, 0.29) is 12.1 Å². The summed E-state index contributed by atoms with van der Waals surface area (Å²) in [5, 5.41) is 4.31. The van der Waals surface area contributed by atoms with Gasteiger partial charge in [0.15, 0.2) is 0 Å². The molecule has 0 unspecified atom stereocenters. The Balaban J connectivity index is 1.90. The molecule has 0 atom stereocenters. The topological polar surface area (TPSA) is 65.4 Å². The van der Waals surface area contributed by atoms with E-state index in [0.717, 1.165) is 24.1 Å². The summed E-state index contributed by atoms with van der Waals surface area (Å²) in [5.74, 6) is 0.653. The summed E-state index contributed by atoms with van der Waals surface area (Å²) in [7, 11) is 0. The van der Waals surface area contributed by atoms with E-state index in [0.29, 0.717) is 5.88 Å². The Morgan fingerprint density at radius 3 is 3.06 bits per heavy atom. The molecule has 1 aliphatic rings. The van der Waals surface area contributed by atoms with Crippen LogP contribution in [0.15, 0.2) is 18.5 Å². The van der Waals surface area contributed by atoms with E-state index in [4.69, 9.17) is 10.5 Å². The number of ether oxygens (including phenoxy) is 1. The van der Waals surface area contributed by atoms with Crippen molar-refractivity contribution >= 4 is 5.52 Å². The molecule has 0 aromatic carbocycles. The predicted octanol–water partition coefficient (Wildman–Crippen LogP) is 0.906. The SMILES string of the molecule is Cc1cc2c(OC3CC(N)C3)nccn2n1. The molecule has 5 heteroatoms. The Morgan fingerprint density at radius 1 is 1.50 bits per heavy atom. The fourth-order valence-corrected chi connectivity index (χ4v) is 1.97. The molecule has 2 aromatic rings. The van der Waals surface area contributed by atoms with Crippen molar-refractivity contribution in [2.24, 2.45) is 5.73 Å². The normalized spacial score (nSPS) is 24.4. The molecule has 3 rings (SSSR count). The second-order valence-electron chi connectivity index (χ2n) is 4.32. The summed E-state index contributed by atoms with van der Waals surface area (Å²) in [4.78, 5) is 4.24. The van der Waals surface area contributed by atoms with Crippen molar-refractivity contribution in [1.29, 1.82) is 0 Å². The average molecular weight is 218 g/mol. The van der Waals surface area contributed by atoms with E-state index in [9.17, 15) is 0 Å². The first kappa shape index (κ1) is 9.59. The third-order valence-electron chi connectivity index (χ3n) is 2.89. The van der Waals surface area contributed by atoms with Crippen LogP contribution in [-0.2, 0) is 0 Å². The molecule has 0 saturated heterocycles. The summed E-state index contributed by atoms with van der Waals surface area (Å²) < 4.78 is 7.58. The Hall–Kier alpha value is -1.62. The molecule has 2 heterocycles. The maximum Gasteiger partial charge on any atom is 0.240 e. The van der Waals surface area contributed by atoms with Gasteiger partial charge >= 0.3 is 0 Å². The van der Waals surface area contributed by atoms with Crippen molar-refractivity contribution in [2.75, 3.05) is 0 Å². The monoisotopic (exact) mass is 218 g/mol. The van der Waals surface area contributed by atoms with Crippen LogP contribution < -0.4 is 10.5 Å². The molecular weight excluding hydrogens is 204 g/mol. The molecule has 2 aromatic heterocycles. The number of fused-ring (bicyclic) bond motifs is 1. The van der Waals surface area contributed by atoms with Gasteiger partial charge in [-0.2, -0.15) is 5.10 Å². The van der Waals surface area contributed by atoms with Crippen molar-refractivity contribution in [3.05, 3.63) is 24.2 Å². The molecule has 0 spiro atoms. The lowest BCUT2D eigenvalue weighted by Gasteiger charge is -2.32. The summed E-state index contributed by atoms with van der Waals surface area (Å²) in [5.41, 5.74) is 7.60. The van der Waals surface area contributed by atoms with Crippen LogP contribution in [0.1, 0.15) is 18.5 Å². The van der Waals surface area contributed by atoms with Crippen molar-refractivity contribution in [2.45, 2.75) is 31.9 Å². The summed E-state index contributed by atoms with van der Waals surface area (Å²) in [6.07, 6.45) is 5.56. The lowest BCUT2D eigenvalue weighted by atomic mass is 9.90. The smallest absolute Gasteiger partial charge is 0.240 e. The molecule has 1 fully saturated rings. The molecule has 2 N–H and O–H groups in total. The number of hydrogen-bond donors (Lipinski definition) is 1. The van der Waals surface area contributed by atoms with Crippen LogP contribution in [0.5, 0.6) is 5.88 Å². The summed E-state index contributed by atoms with van der Waals surface area (Å²) in [6.45, 7) is 1.95. The molecule has 1 saturated carbocycles. The second kappa shape index (κ2) is 3.45. The summed E-state index contributed by atoms with van der Waals surface area (Å²) in [6, 6.07) is 2.26. The molecular formula is C11H14N4O. The zero-order valence-corrected chi connectivity index (χ0v) is 9.13. The quantitative estimate of drug-likeness (QED) is 0.813. The highest BCUT2D eigenvalue weighted by Gasteiger charge is 2.28. The fourth-order valence-electron chi connectivity index (χ4n) is 1.97. The van der Waals surface area contributed by atoms with Gasteiger partial charge in [-0.1, -0.05) is 0 Å². The number of aryl methyl sites for hydroxylation is 1. The van der Waals surface area contributed by atoms with Gasteiger partial charge in [0.25, 0.3) is 0 Å². The fraction of sp³-hybridized carbons (Fsp3) is 0.455. The molecule has 84 valence electrons. The van der Waals surface area contributed by atoms with Crippen LogP contribution in [-0.4, -0.2) is 26.7 Å². The zero-order valence-electron chi connectivity index (χ0n) is 9.13. The first-order valence-corrected chi connectivity index (χ1v) is 5.45. The van der Waals surface area contributed by atoms with Crippen LogP contribution in [0.4, 0.5) is 0 Å². The number of nitrogens with zero attached hydrogens (tertiary/aromatic N) is 3. The highest BCUT2D eigenvalue weighted by atomic mass is 16.5. The van der Waals surface area contributed by atoms with Gasteiger partial charge in [-0.05, 0) is 25.8 Å². The van der Waals surface area contributed by atoms with Gasteiger partial charge in [0, 0.05) is 18.4 Å². The molecule has 5 nitrogen and oxygen atoms in total. The first-order chi connectivity index (χ1) is 7.72. The van der Waals surface area contributed by atoms with Gasteiger partial charge in [0.05, 0.1) is 5.69 Å². The van der Waals surface area contributed by atoms with Crippen LogP contribution >= 0.6 is 0 Å². The lowest BCUT2D eigenvalue weighted by Crippen LogP contribution is -2.43. The van der Waals surface area contributed by atoms with E-state index in [1.807, 2.05) is 19.2 Å². The van der Waals surface area contributed by atoms with E-state index < -0.39 is 0 Å². The average Bonchev–Trinajstić information content (AvgIpc) is 2.57. The Bertz CT molecular complexity index is 516. The predicted molar refractivity (Wildman–Crippen MR) is 59.3 cm³/mol. The minimum Gasteiger partial charge on any atom is -0.473 e. The zero-order chi connectivity index (χ0) is 11.1. The highest BCUT2D eigenvalue weighted by molar-refractivity contribution is 5.56. The van der Waals surface area contributed by atoms with Crippen LogP contribution in [0, 0.1) is 6.92 Å². The van der Waals surface area contributed by atoms with Crippen molar-refractivity contribution in [1.82, 2.24) is 14.6 Å². The number of nitrogens with two attached hydrogens (primary N) is 1. The number of rotatable bonds is 2. The third-order valence-corrected chi connectivity index (χ3v) is 2.89. The molecule has 0 aliphatic heterocycles. The molecule has 0 amide bonds. The second-order valence-corrected chi connectivity index (χ2v) is 4.32. The molecule has 0 radical (unpaired) electrons. The third kappa shape index (κ3) is 1.53. The van der Waals surface area contributed by atoms with E-state index in [2.05, 4.69) is 10.1 Å². The number of hydrogen-bond acceptors (Lipinski definition) is 4. The Labute approximate surface area is 93.2 Å². The minimum absolute atomic E-state index is 0.212. The van der Waals surface area contributed by atoms with Crippen molar-refractivity contribution in [3.8, 4) is 5.88 Å². The van der Waals surface area contributed by atoms with Gasteiger partial charge < -0.3 is 10.5 Å². The van der Waals surface area contributed by atoms with Crippen molar-refractivity contribution < 1.29 is 4.74 Å². The number of aromatic nitrogens is 3. The van der Waals surface area contributed by atoms with Gasteiger partial charge in [-0.15, -0.1) is 0 Å². The highest BCUT2D eigenvalue weighted by Crippen LogP contribution is 2.26. The maximum atomic E-state index is 5.80. The van der Waals surface area contributed by atoms with Gasteiger partial charge in [0.2, 0.25) is 5.88 Å². The van der Waals surface area contributed by atoms with Crippen LogP contribution in [0.3, 0.4) is 0 Å². The maximum absolute atomic E-state index is 5.80. The minimum atomic E-state index is 0.212.